The number of carbonyl (C=O) groups excluding carboxylic acids is 1. The van der Waals surface area contributed by atoms with E-state index in [1.807, 2.05) is 78.9 Å². The lowest BCUT2D eigenvalue weighted by Crippen LogP contribution is -2.42. The molecule has 7 heteroatoms. The number of fused-ring (bicyclic) bond motifs is 1. The summed E-state index contributed by atoms with van der Waals surface area (Å²) in [4.78, 5) is 32.5. The quantitative estimate of drug-likeness (QED) is 0.330. The van der Waals surface area contributed by atoms with Crippen LogP contribution in [0, 0.1) is 11.8 Å². The molecular formula is C27H24N2O3S2. The van der Waals surface area contributed by atoms with Gasteiger partial charge in [-0.25, -0.2) is 4.98 Å². The van der Waals surface area contributed by atoms with E-state index < -0.39 is 17.8 Å². The van der Waals surface area contributed by atoms with E-state index in [1.54, 1.807) is 28.0 Å². The average Bonchev–Trinajstić information content (AvgIpc) is 3.27. The van der Waals surface area contributed by atoms with Crippen molar-refractivity contribution in [2.24, 2.45) is 11.8 Å². The summed E-state index contributed by atoms with van der Waals surface area (Å²) in [6.07, 6.45) is 1.76. The third-order valence-electron chi connectivity index (χ3n) is 6.23. The number of para-hydroxylation sites is 3. The van der Waals surface area contributed by atoms with Gasteiger partial charge in [-0.3, -0.25) is 14.5 Å². The maximum absolute atomic E-state index is 13.8. The molecule has 0 radical (unpaired) electrons. The minimum absolute atomic E-state index is 0.118. The molecule has 1 saturated carbocycles. The maximum atomic E-state index is 13.8. The normalized spacial score (nSPS) is 20.2. The van der Waals surface area contributed by atoms with Crippen LogP contribution < -0.4 is 4.90 Å². The topological polar surface area (TPSA) is 70.5 Å². The van der Waals surface area contributed by atoms with E-state index >= 15 is 0 Å². The van der Waals surface area contributed by atoms with Crippen molar-refractivity contribution in [1.82, 2.24) is 4.98 Å². The van der Waals surface area contributed by atoms with Gasteiger partial charge in [0.1, 0.15) is 0 Å². The summed E-state index contributed by atoms with van der Waals surface area (Å²) in [5.74, 6) is -2.38. The number of carboxylic acid groups (broad SMARTS) is 1. The van der Waals surface area contributed by atoms with Crippen LogP contribution in [-0.2, 0) is 9.59 Å². The van der Waals surface area contributed by atoms with Crippen LogP contribution in [0.15, 0.2) is 89.3 Å². The molecule has 5 rings (SSSR count). The monoisotopic (exact) mass is 488 g/mol. The number of thiazole rings is 1. The Hall–Kier alpha value is -3.16. The van der Waals surface area contributed by atoms with E-state index in [9.17, 15) is 14.7 Å². The highest BCUT2D eigenvalue weighted by atomic mass is 32.2. The van der Waals surface area contributed by atoms with Gasteiger partial charge in [-0.1, -0.05) is 60.3 Å². The Morgan fingerprint density at radius 1 is 0.853 bits per heavy atom. The Balaban J connectivity index is 1.38. The summed E-state index contributed by atoms with van der Waals surface area (Å²) in [5.41, 5.74) is 2.46. The lowest BCUT2D eigenvalue weighted by atomic mass is 9.78. The van der Waals surface area contributed by atoms with Gasteiger partial charge in [-0.2, -0.15) is 0 Å². The van der Waals surface area contributed by atoms with Gasteiger partial charge in [0.2, 0.25) is 5.91 Å². The highest BCUT2D eigenvalue weighted by molar-refractivity contribution is 8.01. The highest BCUT2D eigenvalue weighted by Crippen LogP contribution is 2.43. The average molecular weight is 489 g/mol. The number of hydrogen-bond acceptors (Lipinski definition) is 5. The molecular weight excluding hydrogens is 464 g/mol. The molecule has 172 valence electrons. The molecule has 0 bridgehead atoms. The van der Waals surface area contributed by atoms with Crippen LogP contribution >= 0.6 is 23.1 Å². The number of aromatic nitrogens is 1. The van der Waals surface area contributed by atoms with Gasteiger partial charge in [0.05, 0.1) is 22.1 Å². The van der Waals surface area contributed by atoms with Gasteiger partial charge in [0.25, 0.3) is 0 Å². The maximum Gasteiger partial charge on any atom is 0.307 e. The summed E-state index contributed by atoms with van der Waals surface area (Å²) in [6, 6.07) is 26.9. The van der Waals surface area contributed by atoms with E-state index in [0.29, 0.717) is 12.8 Å². The first kappa shape index (κ1) is 22.6. The van der Waals surface area contributed by atoms with E-state index in [0.717, 1.165) is 32.4 Å². The number of benzene rings is 3. The van der Waals surface area contributed by atoms with Crippen molar-refractivity contribution in [2.75, 3.05) is 4.90 Å². The van der Waals surface area contributed by atoms with E-state index in [1.165, 1.54) is 0 Å². The van der Waals surface area contributed by atoms with Crippen LogP contribution in [-0.4, -0.2) is 27.2 Å². The number of thioether (sulfide) groups is 1. The molecule has 1 aromatic heterocycles. The number of hydrogen-bond donors (Lipinski definition) is 1. The molecule has 1 N–H and O–H groups in total. The molecule has 0 aliphatic heterocycles. The van der Waals surface area contributed by atoms with Gasteiger partial charge in [0, 0.05) is 16.6 Å². The molecule has 1 fully saturated rings. The third-order valence-corrected chi connectivity index (χ3v) is 8.65. The number of carbonyl (C=O) groups is 2. The number of amides is 1. The molecule has 1 aliphatic carbocycles. The van der Waals surface area contributed by atoms with Crippen molar-refractivity contribution in [3.63, 3.8) is 0 Å². The summed E-state index contributed by atoms with van der Waals surface area (Å²) in [6.45, 7) is 0. The third kappa shape index (κ3) is 4.72. The molecule has 1 aliphatic rings. The van der Waals surface area contributed by atoms with Crippen LogP contribution in [0.5, 0.6) is 0 Å². The first-order valence-electron chi connectivity index (χ1n) is 11.3. The summed E-state index contributed by atoms with van der Waals surface area (Å²) < 4.78 is 2.08. The van der Waals surface area contributed by atoms with E-state index in [4.69, 9.17) is 4.98 Å². The first-order valence-corrected chi connectivity index (χ1v) is 13.0. The lowest BCUT2D eigenvalue weighted by molar-refractivity contribution is -0.148. The minimum atomic E-state index is -0.908. The Morgan fingerprint density at radius 2 is 1.47 bits per heavy atom. The van der Waals surface area contributed by atoms with Crippen molar-refractivity contribution < 1.29 is 14.7 Å². The second-order valence-electron chi connectivity index (χ2n) is 8.40. The Morgan fingerprint density at radius 3 is 2.09 bits per heavy atom. The molecule has 3 aromatic carbocycles. The van der Waals surface area contributed by atoms with Crippen molar-refractivity contribution in [3.05, 3.63) is 84.9 Å². The first-order chi connectivity index (χ1) is 16.6. The predicted molar refractivity (Wildman–Crippen MR) is 138 cm³/mol. The smallest absolute Gasteiger partial charge is 0.307 e. The zero-order chi connectivity index (χ0) is 23.5. The van der Waals surface area contributed by atoms with Crippen molar-refractivity contribution in [1.29, 1.82) is 0 Å². The molecule has 0 saturated heterocycles. The van der Waals surface area contributed by atoms with Crippen LogP contribution in [0.4, 0.5) is 11.4 Å². The van der Waals surface area contributed by atoms with Gasteiger partial charge in [0.15, 0.2) is 4.34 Å². The largest absolute Gasteiger partial charge is 0.481 e. The van der Waals surface area contributed by atoms with Crippen molar-refractivity contribution in [3.8, 4) is 0 Å². The number of aliphatic carboxylic acids is 1. The van der Waals surface area contributed by atoms with Crippen LogP contribution in [0.2, 0.25) is 0 Å². The summed E-state index contributed by atoms with van der Waals surface area (Å²) >= 11 is 3.28. The zero-order valence-corrected chi connectivity index (χ0v) is 20.0. The van der Waals surface area contributed by atoms with Crippen molar-refractivity contribution in [2.45, 2.75) is 28.9 Å². The number of carboxylic acids is 1. The summed E-state index contributed by atoms with van der Waals surface area (Å²) in [5, 5.41) is 10.2. The molecule has 3 unspecified atom stereocenters. The molecule has 4 aromatic rings. The highest BCUT2D eigenvalue weighted by Gasteiger charge is 2.42. The van der Waals surface area contributed by atoms with Crippen LogP contribution in [0.3, 0.4) is 0 Å². The Kier molecular flexibility index (Phi) is 6.65. The predicted octanol–water partition coefficient (Wildman–Crippen LogP) is 6.62. The fraction of sp³-hybridized carbons (Fsp3) is 0.222. The van der Waals surface area contributed by atoms with Crippen molar-refractivity contribution >= 4 is 56.6 Å². The van der Waals surface area contributed by atoms with E-state index in [-0.39, 0.29) is 11.2 Å². The Labute approximate surface area is 206 Å². The Bertz CT molecular complexity index is 1220. The standard InChI is InChI=1S/C27H24N2O3S2/c30-25(29(18-9-3-1-4-10-18)19-11-5-2-6-12-19)21-16-15-20(17-22(21)26(31)32)33-27-28-23-13-7-8-14-24(23)34-27/h1-14,20-22H,15-17H2,(H,31,32). The zero-order valence-electron chi connectivity index (χ0n) is 18.4. The fourth-order valence-corrected chi connectivity index (χ4v) is 7.14. The fourth-order valence-electron chi connectivity index (χ4n) is 4.58. The lowest BCUT2D eigenvalue weighted by Gasteiger charge is -2.35. The molecule has 5 nitrogen and oxygen atoms in total. The number of nitrogens with zero attached hydrogens (tertiary/aromatic N) is 2. The number of rotatable bonds is 6. The van der Waals surface area contributed by atoms with E-state index in [2.05, 4.69) is 6.07 Å². The second-order valence-corrected chi connectivity index (χ2v) is 11.0. The summed E-state index contributed by atoms with van der Waals surface area (Å²) in [7, 11) is 0. The molecule has 34 heavy (non-hydrogen) atoms. The molecule has 1 heterocycles. The number of anilines is 2. The van der Waals surface area contributed by atoms with Gasteiger partial charge in [-0.15, -0.1) is 11.3 Å². The van der Waals surface area contributed by atoms with Crippen LogP contribution in [0.25, 0.3) is 10.2 Å². The van der Waals surface area contributed by atoms with Crippen LogP contribution in [0.1, 0.15) is 19.3 Å². The minimum Gasteiger partial charge on any atom is -0.481 e. The van der Waals surface area contributed by atoms with Gasteiger partial charge < -0.3 is 5.11 Å². The molecule has 0 spiro atoms. The molecule has 3 atom stereocenters. The SMILES string of the molecule is O=C(O)C1CC(Sc2nc3ccccc3s2)CCC1C(=O)N(c1ccccc1)c1ccccc1. The molecule has 1 amide bonds. The van der Waals surface area contributed by atoms with Gasteiger partial charge in [-0.05, 0) is 55.7 Å². The second kappa shape index (κ2) is 9.99. The van der Waals surface area contributed by atoms with Gasteiger partial charge >= 0.3 is 5.97 Å².